The Morgan fingerprint density at radius 2 is 1.89 bits per heavy atom. The van der Waals surface area contributed by atoms with Gasteiger partial charge in [-0.3, -0.25) is 0 Å². The average molecular weight is 251 g/mol. The van der Waals surface area contributed by atoms with Crippen LogP contribution < -0.4 is 5.32 Å². The number of hydrogen-bond acceptors (Lipinski definition) is 2. The van der Waals surface area contributed by atoms with E-state index >= 15 is 0 Å². The minimum absolute atomic E-state index is 0.377. The van der Waals surface area contributed by atoms with E-state index in [0.717, 1.165) is 13.0 Å². The SMILES string of the molecule is Oc1ccc2c(c1)[C@@H]1c3ccccc3CN[C@H]1CC2. The first kappa shape index (κ1) is 11.1. The second kappa shape index (κ2) is 4.10. The molecular formula is C17H17NO. The summed E-state index contributed by atoms with van der Waals surface area (Å²) in [4.78, 5) is 0. The van der Waals surface area contributed by atoms with Crippen LogP contribution in [0.15, 0.2) is 42.5 Å². The van der Waals surface area contributed by atoms with E-state index in [-0.39, 0.29) is 0 Å². The van der Waals surface area contributed by atoms with Crippen molar-refractivity contribution in [3.63, 3.8) is 0 Å². The van der Waals surface area contributed by atoms with Crippen molar-refractivity contribution in [2.75, 3.05) is 0 Å². The van der Waals surface area contributed by atoms with Crippen molar-refractivity contribution in [2.45, 2.75) is 31.3 Å². The highest BCUT2D eigenvalue weighted by molar-refractivity contribution is 5.48. The first-order valence-corrected chi connectivity index (χ1v) is 6.96. The van der Waals surface area contributed by atoms with E-state index in [0.29, 0.717) is 17.7 Å². The Morgan fingerprint density at radius 1 is 1.00 bits per heavy atom. The van der Waals surface area contributed by atoms with Crippen LogP contribution in [0.1, 0.15) is 34.6 Å². The van der Waals surface area contributed by atoms with Gasteiger partial charge in [0, 0.05) is 18.5 Å². The van der Waals surface area contributed by atoms with E-state index in [9.17, 15) is 5.11 Å². The molecule has 0 amide bonds. The zero-order valence-corrected chi connectivity index (χ0v) is 10.8. The van der Waals surface area contributed by atoms with Crippen LogP contribution in [0.25, 0.3) is 0 Å². The molecule has 0 fully saturated rings. The Kier molecular flexibility index (Phi) is 2.39. The van der Waals surface area contributed by atoms with Crippen LogP contribution in [-0.2, 0) is 13.0 Å². The molecule has 2 aromatic rings. The molecule has 0 saturated carbocycles. The van der Waals surface area contributed by atoms with Crippen molar-refractivity contribution in [1.29, 1.82) is 0 Å². The first-order chi connectivity index (χ1) is 9.33. The molecule has 1 heterocycles. The zero-order chi connectivity index (χ0) is 12.8. The third-order valence-corrected chi connectivity index (χ3v) is 4.54. The fourth-order valence-electron chi connectivity index (χ4n) is 3.64. The second-order valence-electron chi connectivity index (χ2n) is 5.59. The summed E-state index contributed by atoms with van der Waals surface area (Å²) in [5.41, 5.74) is 5.51. The quantitative estimate of drug-likeness (QED) is 0.754. The van der Waals surface area contributed by atoms with Gasteiger partial charge in [-0.25, -0.2) is 0 Å². The second-order valence-corrected chi connectivity index (χ2v) is 5.59. The predicted molar refractivity (Wildman–Crippen MR) is 75.3 cm³/mol. The summed E-state index contributed by atoms with van der Waals surface area (Å²) >= 11 is 0. The number of aryl methyl sites for hydroxylation is 1. The van der Waals surface area contributed by atoms with E-state index in [4.69, 9.17) is 0 Å². The molecule has 96 valence electrons. The minimum Gasteiger partial charge on any atom is -0.508 e. The van der Waals surface area contributed by atoms with Crippen molar-refractivity contribution in [3.05, 3.63) is 64.7 Å². The lowest BCUT2D eigenvalue weighted by Gasteiger charge is -2.39. The summed E-state index contributed by atoms with van der Waals surface area (Å²) in [5, 5.41) is 13.5. The molecule has 2 atom stereocenters. The average Bonchev–Trinajstić information content (AvgIpc) is 2.46. The van der Waals surface area contributed by atoms with Gasteiger partial charge in [-0.1, -0.05) is 30.3 Å². The molecule has 0 saturated heterocycles. The summed E-state index contributed by atoms with van der Waals surface area (Å²) in [7, 11) is 0. The molecular weight excluding hydrogens is 234 g/mol. The molecule has 0 spiro atoms. The standard InChI is InChI=1S/C17H17NO/c19-13-7-5-11-6-8-16-17(15(11)9-13)14-4-2-1-3-12(14)10-18-16/h1-5,7,9,16-19H,6,8,10H2/t16-,17-/m0/s1. The monoisotopic (exact) mass is 251 g/mol. The van der Waals surface area contributed by atoms with E-state index < -0.39 is 0 Å². The van der Waals surface area contributed by atoms with Crippen molar-refractivity contribution >= 4 is 0 Å². The van der Waals surface area contributed by atoms with Crippen LogP contribution >= 0.6 is 0 Å². The largest absolute Gasteiger partial charge is 0.508 e. The van der Waals surface area contributed by atoms with Crippen LogP contribution in [0.3, 0.4) is 0 Å². The fraction of sp³-hybridized carbons (Fsp3) is 0.294. The number of aromatic hydroxyl groups is 1. The normalized spacial score (nSPS) is 24.2. The van der Waals surface area contributed by atoms with Crippen molar-refractivity contribution < 1.29 is 5.11 Å². The Labute approximate surface area is 113 Å². The van der Waals surface area contributed by atoms with Crippen LogP contribution in [0.2, 0.25) is 0 Å². The molecule has 0 radical (unpaired) electrons. The predicted octanol–water partition coefficient (Wildman–Crippen LogP) is 2.94. The number of rotatable bonds is 0. The van der Waals surface area contributed by atoms with Crippen molar-refractivity contribution in [3.8, 4) is 5.75 Å². The molecule has 4 rings (SSSR count). The maximum Gasteiger partial charge on any atom is 0.115 e. The summed E-state index contributed by atoms with van der Waals surface area (Å²) in [6.45, 7) is 0.964. The fourth-order valence-corrected chi connectivity index (χ4v) is 3.64. The van der Waals surface area contributed by atoms with E-state index in [2.05, 4.69) is 35.6 Å². The Bertz CT molecular complexity index is 635. The molecule has 0 bridgehead atoms. The number of fused-ring (bicyclic) bond motifs is 5. The van der Waals surface area contributed by atoms with Gasteiger partial charge in [0.1, 0.15) is 5.75 Å². The molecule has 1 aliphatic heterocycles. The first-order valence-electron chi connectivity index (χ1n) is 6.96. The molecule has 2 aliphatic rings. The number of phenolic OH excluding ortho intramolecular Hbond substituents is 1. The molecule has 19 heavy (non-hydrogen) atoms. The minimum atomic E-state index is 0.377. The van der Waals surface area contributed by atoms with Crippen LogP contribution in [0.5, 0.6) is 5.75 Å². The van der Waals surface area contributed by atoms with E-state index in [1.165, 1.54) is 28.7 Å². The van der Waals surface area contributed by atoms with Crippen molar-refractivity contribution in [1.82, 2.24) is 5.32 Å². The number of benzene rings is 2. The summed E-state index contributed by atoms with van der Waals surface area (Å²) in [5.74, 6) is 0.767. The smallest absolute Gasteiger partial charge is 0.115 e. The highest BCUT2D eigenvalue weighted by Crippen LogP contribution is 2.41. The molecule has 2 nitrogen and oxygen atoms in total. The van der Waals surface area contributed by atoms with Gasteiger partial charge >= 0.3 is 0 Å². The summed E-state index contributed by atoms with van der Waals surface area (Å²) < 4.78 is 0. The highest BCUT2D eigenvalue weighted by atomic mass is 16.3. The van der Waals surface area contributed by atoms with Gasteiger partial charge in [0.15, 0.2) is 0 Å². The number of nitrogens with one attached hydrogen (secondary N) is 1. The Balaban J connectivity index is 1.92. The van der Waals surface area contributed by atoms with Gasteiger partial charge in [-0.2, -0.15) is 0 Å². The maximum atomic E-state index is 9.81. The van der Waals surface area contributed by atoms with Gasteiger partial charge in [0.05, 0.1) is 0 Å². The van der Waals surface area contributed by atoms with Crippen molar-refractivity contribution in [2.24, 2.45) is 0 Å². The third-order valence-electron chi connectivity index (χ3n) is 4.54. The third kappa shape index (κ3) is 1.67. The highest BCUT2D eigenvalue weighted by Gasteiger charge is 2.34. The van der Waals surface area contributed by atoms with E-state index in [1.54, 1.807) is 6.07 Å². The summed E-state index contributed by atoms with van der Waals surface area (Å²) in [6, 6.07) is 15.0. The van der Waals surface area contributed by atoms with Gasteiger partial charge < -0.3 is 10.4 Å². The van der Waals surface area contributed by atoms with Crippen LogP contribution in [0.4, 0.5) is 0 Å². The Morgan fingerprint density at radius 3 is 2.84 bits per heavy atom. The van der Waals surface area contributed by atoms with Gasteiger partial charge in [-0.05, 0) is 47.2 Å². The zero-order valence-electron chi connectivity index (χ0n) is 10.8. The lowest BCUT2D eigenvalue weighted by molar-refractivity contribution is 0.391. The summed E-state index contributed by atoms with van der Waals surface area (Å²) in [6.07, 6.45) is 2.28. The van der Waals surface area contributed by atoms with Crippen LogP contribution in [0, 0.1) is 0 Å². The molecule has 2 heteroatoms. The van der Waals surface area contributed by atoms with Gasteiger partial charge in [0.2, 0.25) is 0 Å². The van der Waals surface area contributed by atoms with E-state index in [1.807, 2.05) is 6.07 Å². The molecule has 1 aliphatic carbocycles. The lowest BCUT2D eigenvalue weighted by Crippen LogP contribution is -2.42. The molecule has 0 unspecified atom stereocenters. The Hall–Kier alpha value is -1.80. The maximum absolute atomic E-state index is 9.81. The molecule has 2 N–H and O–H groups in total. The number of phenols is 1. The van der Waals surface area contributed by atoms with Crippen LogP contribution in [-0.4, -0.2) is 11.1 Å². The topological polar surface area (TPSA) is 32.3 Å². The number of hydrogen-bond donors (Lipinski definition) is 2. The van der Waals surface area contributed by atoms with Gasteiger partial charge in [-0.15, -0.1) is 0 Å². The molecule has 2 aromatic carbocycles. The molecule has 0 aromatic heterocycles. The lowest BCUT2D eigenvalue weighted by atomic mass is 9.72. The van der Waals surface area contributed by atoms with Gasteiger partial charge in [0.25, 0.3) is 0 Å².